The SMILES string of the molecule is CC(C)C(C(=O)O)S(=O)(=O)c1ccc2c(c1)oc(=O)n2C. The fourth-order valence-electron chi connectivity index (χ4n) is 2.21. The maximum atomic E-state index is 12.4. The second kappa shape index (κ2) is 5.03. The normalized spacial score (nSPS) is 13.7. The molecule has 0 saturated heterocycles. The van der Waals surface area contributed by atoms with Crippen LogP contribution in [0.3, 0.4) is 0 Å². The molecule has 2 rings (SSSR count). The highest BCUT2D eigenvalue weighted by molar-refractivity contribution is 7.92. The van der Waals surface area contributed by atoms with E-state index in [9.17, 15) is 18.0 Å². The highest BCUT2D eigenvalue weighted by atomic mass is 32.2. The van der Waals surface area contributed by atoms with Crippen LogP contribution in [0.25, 0.3) is 11.1 Å². The lowest BCUT2D eigenvalue weighted by Gasteiger charge is -2.16. The molecule has 7 nitrogen and oxygen atoms in total. The molecule has 0 fully saturated rings. The van der Waals surface area contributed by atoms with Crippen LogP contribution in [-0.4, -0.2) is 29.3 Å². The molecule has 1 aromatic heterocycles. The van der Waals surface area contributed by atoms with Crippen molar-refractivity contribution in [3.05, 3.63) is 28.7 Å². The zero-order valence-electron chi connectivity index (χ0n) is 11.7. The Morgan fingerprint density at radius 2 is 1.95 bits per heavy atom. The van der Waals surface area contributed by atoms with Crippen LogP contribution in [0.4, 0.5) is 0 Å². The topological polar surface area (TPSA) is 107 Å². The lowest BCUT2D eigenvalue weighted by molar-refractivity contribution is -0.137. The largest absolute Gasteiger partial charge is 0.480 e. The standard InChI is InChI=1S/C13H15NO6S/c1-7(2)11(12(15)16)21(18,19)8-4-5-9-10(6-8)20-13(17)14(9)3/h4-7,11H,1-3H3,(H,15,16). The minimum Gasteiger partial charge on any atom is -0.480 e. The first-order valence-electron chi connectivity index (χ1n) is 6.22. The molecule has 0 spiro atoms. The average Bonchev–Trinajstić information content (AvgIpc) is 2.63. The summed E-state index contributed by atoms with van der Waals surface area (Å²) in [7, 11) is -2.57. The minimum absolute atomic E-state index is 0.108. The first-order chi connectivity index (χ1) is 9.66. The van der Waals surface area contributed by atoms with Crippen molar-refractivity contribution in [2.24, 2.45) is 13.0 Å². The van der Waals surface area contributed by atoms with Crippen LogP contribution in [-0.2, 0) is 21.7 Å². The number of nitrogens with zero attached hydrogens (tertiary/aromatic N) is 1. The molecule has 1 N–H and O–H groups in total. The van der Waals surface area contributed by atoms with Crippen LogP contribution in [0.2, 0.25) is 0 Å². The Labute approximate surface area is 120 Å². The molecule has 0 aliphatic carbocycles. The maximum absolute atomic E-state index is 12.4. The molecule has 8 heteroatoms. The Morgan fingerprint density at radius 1 is 1.33 bits per heavy atom. The molecule has 0 amide bonds. The van der Waals surface area contributed by atoms with E-state index in [0.717, 1.165) is 0 Å². The summed E-state index contributed by atoms with van der Waals surface area (Å²) in [6.45, 7) is 3.05. The highest BCUT2D eigenvalue weighted by Gasteiger charge is 2.37. The van der Waals surface area contributed by atoms with Crippen LogP contribution >= 0.6 is 0 Å². The maximum Gasteiger partial charge on any atom is 0.419 e. The number of sulfone groups is 1. The van der Waals surface area contributed by atoms with Gasteiger partial charge in [-0.2, -0.15) is 0 Å². The average molecular weight is 313 g/mol. The van der Waals surface area contributed by atoms with Crippen LogP contribution in [0.15, 0.2) is 32.3 Å². The van der Waals surface area contributed by atoms with Crippen molar-refractivity contribution in [1.82, 2.24) is 4.57 Å². The van der Waals surface area contributed by atoms with Crippen LogP contribution in [0.5, 0.6) is 0 Å². The van der Waals surface area contributed by atoms with E-state index in [0.29, 0.717) is 5.52 Å². The molecule has 0 aliphatic rings. The third-order valence-electron chi connectivity index (χ3n) is 3.28. The molecule has 21 heavy (non-hydrogen) atoms. The number of rotatable bonds is 4. The van der Waals surface area contributed by atoms with E-state index < -0.39 is 32.7 Å². The fraction of sp³-hybridized carbons (Fsp3) is 0.385. The van der Waals surface area contributed by atoms with Crippen LogP contribution in [0.1, 0.15) is 13.8 Å². The quantitative estimate of drug-likeness (QED) is 0.903. The summed E-state index contributed by atoms with van der Waals surface area (Å²) in [6.07, 6.45) is 0. The van der Waals surface area contributed by atoms with E-state index in [1.54, 1.807) is 0 Å². The van der Waals surface area contributed by atoms with Gasteiger partial charge < -0.3 is 9.52 Å². The summed E-state index contributed by atoms with van der Waals surface area (Å²) in [6, 6.07) is 3.89. The molecule has 1 heterocycles. The summed E-state index contributed by atoms with van der Waals surface area (Å²) in [5.74, 6) is -2.61. The third-order valence-corrected chi connectivity index (χ3v) is 5.60. The monoisotopic (exact) mass is 313 g/mol. The Hall–Kier alpha value is -2.09. The molecular formula is C13H15NO6S. The van der Waals surface area contributed by atoms with Crippen LogP contribution in [0, 0.1) is 5.92 Å². The number of hydrogen-bond donors (Lipinski definition) is 1. The summed E-state index contributed by atoms with van der Waals surface area (Å²) >= 11 is 0. The zero-order chi connectivity index (χ0) is 15.9. The first-order valence-corrected chi connectivity index (χ1v) is 7.77. The molecule has 0 radical (unpaired) electrons. The third kappa shape index (κ3) is 2.46. The number of benzene rings is 1. The molecule has 114 valence electrons. The van der Waals surface area contributed by atoms with Gasteiger partial charge >= 0.3 is 11.7 Å². The van der Waals surface area contributed by atoms with Gasteiger partial charge in [0, 0.05) is 13.1 Å². The molecule has 2 aromatic rings. The number of aryl methyl sites for hydroxylation is 1. The Balaban J connectivity index is 2.65. The lowest BCUT2D eigenvalue weighted by Crippen LogP contribution is -2.34. The molecule has 0 saturated carbocycles. The number of aromatic nitrogens is 1. The van der Waals surface area contributed by atoms with E-state index >= 15 is 0 Å². The second-order valence-electron chi connectivity index (χ2n) is 5.10. The predicted octanol–water partition coefficient (Wildman–Crippen LogP) is 1.01. The summed E-state index contributed by atoms with van der Waals surface area (Å²) in [5.41, 5.74) is 0.548. The zero-order valence-corrected chi connectivity index (χ0v) is 12.5. The van der Waals surface area contributed by atoms with Gasteiger partial charge in [0.25, 0.3) is 0 Å². The van der Waals surface area contributed by atoms with E-state index in [1.807, 2.05) is 0 Å². The number of carbonyl (C=O) groups is 1. The number of aliphatic carboxylic acids is 1. The van der Waals surface area contributed by atoms with Gasteiger partial charge in [0.05, 0.1) is 10.4 Å². The minimum atomic E-state index is -4.07. The molecule has 1 aromatic carbocycles. The van der Waals surface area contributed by atoms with E-state index in [2.05, 4.69) is 0 Å². The molecule has 0 aliphatic heterocycles. The molecule has 1 atom stereocenters. The number of fused-ring (bicyclic) bond motifs is 1. The Kier molecular flexibility index (Phi) is 3.66. The highest BCUT2D eigenvalue weighted by Crippen LogP contribution is 2.25. The van der Waals surface area contributed by atoms with Crippen molar-refractivity contribution >= 4 is 26.9 Å². The Morgan fingerprint density at radius 3 is 2.48 bits per heavy atom. The number of oxazole rings is 1. The van der Waals surface area contributed by atoms with Crippen molar-refractivity contribution in [2.75, 3.05) is 0 Å². The van der Waals surface area contributed by atoms with Gasteiger partial charge in [-0.1, -0.05) is 13.8 Å². The molecule has 0 bridgehead atoms. The molecule has 1 unspecified atom stereocenters. The van der Waals surface area contributed by atoms with Crippen molar-refractivity contribution in [3.8, 4) is 0 Å². The van der Waals surface area contributed by atoms with Gasteiger partial charge in [-0.3, -0.25) is 9.36 Å². The van der Waals surface area contributed by atoms with Gasteiger partial charge in [0.1, 0.15) is 0 Å². The van der Waals surface area contributed by atoms with Gasteiger partial charge in [0.2, 0.25) is 0 Å². The van der Waals surface area contributed by atoms with Crippen molar-refractivity contribution < 1.29 is 22.7 Å². The van der Waals surface area contributed by atoms with Gasteiger partial charge in [0.15, 0.2) is 20.7 Å². The van der Waals surface area contributed by atoms with Crippen LogP contribution < -0.4 is 5.76 Å². The van der Waals surface area contributed by atoms with Gasteiger partial charge in [-0.25, -0.2) is 13.2 Å². The van der Waals surface area contributed by atoms with Crippen molar-refractivity contribution in [3.63, 3.8) is 0 Å². The number of hydrogen-bond acceptors (Lipinski definition) is 5. The molecular weight excluding hydrogens is 298 g/mol. The Bertz CT molecular complexity index is 858. The second-order valence-corrected chi connectivity index (χ2v) is 7.17. The lowest BCUT2D eigenvalue weighted by atomic mass is 10.1. The summed E-state index contributed by atoms with van der Waals surface area (Å²) in [4.78, 5) is 22.5. The van der Waals surface area contributed by atoms with Crippen molar-refractivity contribution in [2.45, 2.75) is 24.0 Å². The van der Waals surface area contributed by atoms with Gasteiger partial charge in [-0.15, -0.1) is 0 Å². The van der Waals surface area contributed by atoms with Gasteiger partial charge in [-0.05, 0) is 18.1 Å². The van der Waals surface area contributed by atoms with Crippen molar-refractivity contribution in [1.29, 1.82) is 0 Å². The number of carboxylic acids is 1. The number of carboxylic acid groups (broad SMARTS) is 1. The smallest absolute Gasteiger partial charge is 0.419 e. The van der Waals surface area contributed by atoms with E-state index in [-0.39, 0.29) is 10.5 Å². The van der Waals surface area contributed by atoms with E-state index in [4.69, 9.17) is 9.52 Å². The summed E-state index contributed by atoms with van der Waals surface area (Å²) < 4.78 is 31.1. The van der Waals surface area contributed by atoms with E-state index in [1.165, 1.54) is 43.7 Å². The fourth-order valence-corrected chi connectivity index (χ4v) is 4.02. The predicted molar refractivity (Wildman–Crippen MR) is 74.9 cm³/mol. The summed E-state index contributed by atoms with van der Waals surface area (Å²) in [5, 5.41) is 7.59. The first kappa shape index (κ1) is 15.3.